The molecule has 8 heavy (non-hydrogen) atoms. The molecule has 0 radical (unpaired) electrons. The van der Waals surface area contributed by atoms with E-state index in [4.69, 9.17) is 12.2 Å². The van der Waals surface area contributed by atoms with E-state index < -0.39 is 0 Å². The van der Waals surface area contributed by atoms with Crippen molar-refractivity contribution in [3.05, 3.63) is 0 Å². The predicted octanol–water partition coefficient (Wildman–Crippen LogP) is 0.800. The van der Waals surface area contributed by atoms with E-state index >= 15 is 0 Å². The number of hydrogen-bond donors (Lipinski definition) is 1. The van der Waals surface area contributed by atoms with E-state index in [2.05, 4.69) is 12.3 Å². The summed E-state index contributed by atoms with van der Waals surface area (Å²) in [4.78, 5) is 0. The van der Waals surface area contributed by atoms with Gasteiger partial charge in [-0.3, -0.25) is 0 Å². The van der Waals surface area contributed by atoms with Crippen molar-refractivity contribution in [1.82, 2.24) is 10.4 Å². The molecule has 46 valence electrons. The summed E-state index contributed by atoms with van der Waals surface area (Å²) < 4.78 is 0.875. The molecule has 1 aliphatic heterocycles. The van der Waals surface area contributed by atoms with Gasteiger partial charge in [0.25, 0.3) is 0 Å². The molecule has 0 aromatic rings. The van der Waals surface area contributed by atoms with Gasteiger partial charge in [-0.2, -0.15) is 0 Å². The molecular formula is C4H8N2S2. The molecule has 1 saturated heterocycles. The fourth-order valence-corrected chi connectivity index (χ4v) is 1.77. The first kappa shape index (κ1) is 6.32. The monoisotopic (exact) mass is 148 g/mol. The first-order chi connectivity index (χ1) is 3.70. The van der Waals surface area contributed by atoms with Crippen LogP contribution in [-0.4, -0.2) is 21.8 Å². The summed E-state index contributed by atoms with van der Waals surface area (Å²) in [6, 6.07) is 0. The first-order valence-electron chi connectivity index (χ1n) is 2.40. The van der Waals surface area contributed by atoms with Crippen molar-refractivity contribution >= 4 is 28.3 Å². The minimum Gasteiger partial charge on any atom is -0.303 e. The lowest BCUT2D eigenvalue weighted by atomic mass is 10.7. The van der Waals surface area contributed by atoms with Gasteiger partial charge in [0.15, 0.2) is 0 Å². The summed E-state index contributed by atoms with van der Waals surface area (Å²) in [6.07, 6.45) is 0. The molecule has 0 aliphatic carbocycles. The summed E-state index contributed by atoms with van der Waals surface area (Å²) in [6.45, 7) is 2.11. The van der Waals surface area contributed by atoms with Gasteiger partial charge < -0.3 is 5.43 Å². The minimum atomic E-state index is 0.488. The summed E-state index contributed by atoms with van der Waals surface area (Å²) in [7, 11) is 1.98. The Balaban J connectivity index is 2.51. The Morgan fingerprint density at radius 2 is 2.50 bits per heavy atom. The second-order valence-electron chi connectivity index (χ2n) is 1.73. The zero-order chi connectivity index (χ0) is 6.15. The molecule has 1 atom stereocenters. The maximum absolute atomic E-state index is 4.88. The summed E-state index contributed by atoms with van der Waals surface area (Å²) >= 11 is 6.56. The largest absolute Gasteiger partial charge is 0.303 e. The van der Waals surface area contributed by atoms with Crippen LogP contribution in [0.1, 0.15) is 6.92 Å². The normalized spacial score (nSPS) is 30.8. The van der Waals surface area contributed by atoms with Gasteiger partial charge in [-0.25, -0.2) is 5.01 Å². The third kappa shape index (κ3) is 1.13. The van der Waals surface area contributed by atoms with Crippen molar-refractivity contribution in [2.24, 2.45) is 0 Å². The molecule has 4 heteroatoms. The molecule has 0 aromatic carbocycles. The van der Waals surface area contributed by atoms with E-state index in [0.29, 0.717) is 5.37 Å². The number of nitrogens with one attached hydrogen (secondary N) is 1. The van der Waals surface area contributed by atoms with Gasteiger partial charge in [-0.1, -0.05) is 24.0 Å². The van der Waals surface area contributed by atoms with Crippen LogP contribution in [0.2, 0.25) is 0 Å². The smallest absolute Gasteiger partial charge is 0.149 e. The lowest BCUT2D eigenvalue weighted by Gasteiger charge is -2.10. The topological polar surface area (TPSA) is 15.3 Å². The van der Waals surface area contributed by atoms with Gasteiger partial charge in [0.05, 0.1) is 5.37 Å². The molecule has 1 heterocycles. The van der Waals surface area contributed by atoms with Gasteiger partial charge in [0.1, 0.15) is 4.32 Å². The van der Waals surface area contributed by atoms with Crippen LogP contribution in [0, 0.1) is 0 Å². The molecular weight excluding hydrogens is 140 g/mol. The Morgan fingerprint density at radius 3 is 2.62 bits per heavy atom. The number of hydrogen-bond acceptors (Lipinski definition) is 3. The van der Waals surface area contributed by atoms with Crippen molar-refractivity contribution in [2.45, 2.75) is 12.3 Å². The second-order valence-corrected chi connectivity index (χ2v) is 3.72. The molecule has 1 unspecified atom stereocenters. The van der Waals surface area contributed by atoms with Gasteiger partial charge in [-0.15, -0.1) is 0 Å². The first-order valence-corrected chi connectivity index (χ1v) is 3.69. The Bertz CT molecular complexity index is 103. The Hall–Kier alpha value is 0.200. The Kier molecular flexibility index (Phi) is 1.74. The highest BCUT2D eigenvalue weighted by atomic mass is 32.2. The van der Waals surface area contributed by atoms with Crippen molar-refractivity contribution < 1.29 is 0 Å². The van der Waals surface area contributed by atoms with Crippen LogP contribution in [0.25, 0.3) is 0 Å². The number of thioether (sulfide) groups is 1. The van der Waals surface area contributed by atoms with E-state index in [9.17, 15) is 0 Å². The average molecular weight is 148 g/mol. The highest BCUT2D eigenvalue weighted by Gasteiger charge is 2.19. The van der Waals surface area contributed by atoms with E-state index in [1.807, 2.05) is 12.1 Å². The number of thiocarbonyl (C=S) groups is 1. The number of rotatable bonds is 0. The minimum absolute atomic E-state index is 0.488. The molecule has 0 saturated carbocycles. The quantitative estimate of drug-likeness (QED) is 0.511. The third-order valence-electron chi connectivity index (χ3n) is 1.09. The number of nitrogens with zero attached hydrogens (tertiary/aromatic N) is 1. The van der Waals surface area contributed by atoms with Gasteiger partial charge >= 0.3 is 0 Å². The van der Waals surface area contributed by atoms with Gasteiger partial charge in [0, 0.05) is 7.05 Å². The number of hydrazine groups is 1. The maximum Gasteiger partial charge on any atom is 0.149 e. The maximum atomic E-state index is 4.88. The van der Waals surface area contributed by atoms with Crippen LogP contribution in [-0.2, 0) is 0 Å². The lowest BCUT2D eigenvalue weighted by molar-refractivity contribution is 0.301. The van der Waals surface area contributed by atoms with Gasteiger partial charge in [-0.05, 0) is 6.92 Å². The molecule has 1 aliphatic rings. The molecule has 1 rings (SSSR count). The molecule has 0 bridgehead atoms. The standard InChI is InChI=1S/C4H8N2S2/c1-3-6(2)5-4(7)8-3/h3H,1-2H3,(H,5,7). The predicted molar refractivity (Wildman–Crippen MR) is 40.5 cm³/mol. The molecule has 0 spiro atoms. The van der Waals surface area contributed by atoms with Crippen LogP contribution < -0.4 is 5.43 Å². The van der Waals surface area contributed by atoms with Crippen LogP contribution in [0.4, 0.5) is 0 Å². The second kappa shape index (κ2) is 2.21. The molecule has 0 amide bonds. The van der Waals surface area contributed by atoms with Crippen molar-refractivity contribution in [1.29, 1.82) is 0 Å². The lowest BCUT2D eigenvalue weighted by Crippen LogP contribution is -2.32. The van der Waals surface area contributed by atoms with Crippen LogP contribution in [0.3, 0.4) is 0 Å². The van der Waals surface area contributed by atoms with Crippen molar-refractivity contribution in [3.63, 3.8) is 0 Å². The average Bonchev–Trinajstić information content (AvgIpc) is 1.85. The SMILES string of the molecule is CC1SC(=S)NN1C. The molecule has 0 aromatic heterocycles. The van der Waals surface area contributed by atoms with Crippen molar-refractivity contribution in [3.8, 4) is 0 Å². The Morgan fingerprint density at radius 1 is 1.88 bits per heavy atom. The summed E-state index contributed by atoms with van der Waals surface area (Å²) in [5.41, 5.74) is 2.99. The van der Waals surface area contributed by atoms with Crippen LogP contribution >= 0.6 is 24.0 Å². The van der Waals surface area contributed by atoms with Gasteiger partial charge in [0.2, 0.25) is 0 Å². The third-order valence-corrected chi connectivity index (χ3v) is 2.43. The van der Waals surface area contributed by atoms with E-state index in [1.54, 1.807) is 11.8 Å². The zero-order valence-corrected chi connectivity index (χ0v) is 6.47. The molecule has 2 nitrogen and oxygen atoms in total. The van der Waals surface area contributed by atoms with Crippen molar-refractivity contribution in [2.75, 3.05) is 7.05 Å². The van der Waals surface area contributed by atoms with E-state index in [-0.39, 0.29) is 0 Å². The zero-order valence-electron chi connectivity index (χ0n) is 4.84. The summed E-state index contributed by atoms with van der Waals surface area (Å²) in [5.74, 6) is 0. The highest BCUT2D eigenvalue weighted by Crippen LogP contribution is 2.19. The fourth-order valence-electron chi connectivity index (χ4n) is 0.495. The van der Waals surface area contributed by atoms with E-state index in [1.165, 1.54) is 0 Å². The van der Waals surface area contributed by atoms with Crippen LogP contribution in [0.15, 0.2) is 0 Å². The Labute approximate surface area is 58.6 Å². The summed E-state index contributed by atoms with van der Waals surface area (Å²) in [5, 5.41) is 2.48. The van der Waals surface area contributed by atoms with E-state index in [0.717, 1.165) is 4.32 Å². The fraction of sp³-hybridized carbons (Fsp3) is 0.750. The molecule has 1 N–H and O–H groups in total. The van der Waals surface area contributed by atoms with Crippen LogP contribution in [0.5, 0.6) is 0 Å². The molecule has 1 fully saturated rings. The highest BCUT2D eigenvalue weighted by molar-refractivity contribution is 8.23.